The predicted octanol–water partition coefficient (Wildman–Crippen LogP) is 3.85. The van der Waals surface area contributed by atoms with E-state index in [4.69, 9.17) is 4.98 Å². The Morgan fingerprint density at radius 3 is 2.67 bits per heavy atom. The number of hydrogen-bond acceptors (Lipinski definition) is 4. The minimum atomic E-state index is -0.201. The summed E-state index contributed by atoms with van der Waals surface area (Å²) in [5, 5.41) is 8.17. The smallest absolute Gasteiger partial charge is 0.129 e. The number of imidazole rings is 1. The summed E-state index contributed by atoms with van der Waals surface area (Å²) >= 11 is 1.77. The van der Waals surface area contributed by atoms with E-state index in [9.17, 15) is 4.39 Å². The Balaban J connectivity index is 1.38. The molecule has 0 amide bonds. The second kappa shape index (κ2) is 6.86. The Morgan fingerprint density at radius 2 is 1.93 bits per heavy atom. The number of aromatic nitrogens is 2. The summed E-state index contributed by atoms with van der Waals surface area (Å²) in [4.78, 5) is 7.36. The zero-order chi connectivity index (χ0) is 18.3. The highest BCUT2D eigenvalue weighted by Crippen LogP contribution is 2.37. The van der Waals surface area contributed by atoms with Crippen LogP contribution < -0.4 is 5.32 Å². The Hall–Kier alpha value is -2.02. The molecule has 140 valence electrons. The van der Waals surface area contributed by atoms with E-state index in [1.54, 1.807) is 11.3 Å². The second-order valence-corrected chi connectivity index (χ2v) is 8.32. The highest BCUT2D eigenvalue weighted by molar-refractivity contribution is 7.07. The third-order valence-corrected chi connectivity index (χ3v) is 6.65. The summed E-state index contributed by atoms with van der Waals surface area (Å²) in [5.74, 6) is 0.941. The average molecular weight is 383 g/mol. The van der Waals surface area contributed by atoms with Crippen LogP contribution in [0.1, 0.15) is 24.2 Å². The standard InChI is InChI=1S/C21H23FN4S/c22-18-3-1-17(2-4-18)19-13-23-20-21(24-8-11-26(19)20)6-9-25(10-7-21)14-16-5-12-27-15-16/h1-5,12-13,15,24H,6-11,14H2. The molecule has 0 unspecified atom stereocenters. The Bertz CT molecular complexity index is 908. The number of thiophene rings is 1. The van der Waals surface area contributed by atoms with Crippen molar-refractivity contribution >= 4 is 11.3 Å². The molecule has 0 bridgehead atoms. The third kappa shape index (κ3) is 3.12. The Labute approximate surface area is 162 Å². The summed E-state index contributed by atoms with van der Waals surface area (Å²) in [5.41, 5.74) is 3.49. The Morgan fingerprint density at radius 1 is 1.11 bits per heavy atom. The summed E-state index contributed by atoms with van der Waals surface area (Å²) < 4.78 is 15.6. The van der Waals surface area contributed by atoms with Crippen LogP contribution in [0.5, 0.6) is 0 Å². The molecule has 2 aliphatic heterocycles. The van der Waals surface area contributed by atoms with Gasteiger partial charge in [0, 0.05) is 32.7 Å². The first-order valence-corrected chi connectivity index (χ1v) is 10.5. The second-order valence-electron chi connectivity index (χ2n) is 7.54. The third-order valence-electron chi connectivity index (χ3n) is 5.92. The monoisotopic (exact) mass is 382 g/mol. The molecule has 2 aromatic heterocycles. The van der Waals surface area contributed by atoms with Crippen molar-refractivity contribution in [3.8, 4) is 11.3 Å². The van der Waals surface area contributed by atoms with Crippen molar-refractivity contribution in [1.29, 1.82) is 0 Å². The molecule has 1 fully saturated rings. The van der Waals surface area contributed by atoms with Crippen LogP contribution in [-0.2, 0) is 18.6 Å². The number of rotatable bonds is 3. The van der Waals surface area contributed by atoms with Gasteiger partial charge in [0.1, 0.15) is 11.6 Å². The molecule has 1 spiro atoms. The molecule has 1 saturated heterocycles. The zero-order valence-electron chi connectivity index (χ0n) is 15.2. The molecule has 1 N–H and O–H groups in total. The van der Waals surface area contributed by atoms with Crippen LogP contribution in [0.25, 0.3) is 11.3 Å². The van der Waals surface area contributed by atoms with E-state index in [-0.39, 0.29) is 11.4 Å². The van der Waals surface area contributed by atoms with E-state index < -0.39 is 0 Å². The number of nitrogens with one attached hydrogen (secondary N) is 1. The molecule has 0 radical (unpaired) electrons. The first kappa shape index (κ1) is 17.1. The van der Waals surface area contributed by atoms with Gasteiger partial charge in [0.05, 0.1) is 17.4 Å². The summed E-state index contributed by atoms with van der Waals surface area (Å²) in [6.45, 7) is 5.03. The minimum absolute atomic E-state index is 0.0400. The van der Waals surface area contributed by atoms with Crippen LogP contribution >= 0.6 is 11.3 Å². The maximum Gasteiger partial charge on any atom is 0.129 e. The molecule has 2 aliphatic rings. The van der Waals surface area contributed by atoms with E-state index in [0.29, 0.717) is 0 Å². The highest BCUT2D eigenvalue weighted by Gasteiger charge is 2.41. The molecule has 5 rings (SSSR count). The van der Waals surface area contributed by atoms with Crippen molar-refractivity contribution in [3.63, 3.8) is 0 Å². The molecule has 4 nitrogen and oxygen atoms in total. The van der Waals surface area contributed by atoms with E-state index in [1.807, 2.05) is 18.3 Å². The maximum atomic E-state index is 13.3. The lowest BCUT2D eigenvalue weighted by molar-refractivity contribution is 0.109. The number of hydrogen-bond donors (Lipinski definition) is 1. The summed E-state index contributed by atoms with van der Waals surface area (Å²) in [7, 11) is 0. The van der Waals surface area contributed by atoms with Crippen LogP contribution in [0, 0.1) is 5.82 Å². The van der Waals surface area contributed by atoms with Gasteiger partial charge in [0.15, 0.2) is 0 Å². The van der Waals surface area contributed by atoms with Gasteiger partial charge >= 0.3 is 0 Å². The molecule has 4 heterocycles. The van der Waals surface area contributed by atoms with Crippen molar-refractivity contribution < 1.29 is 4.39 Å². The molecule has 0 aliphatic carbocycles. The fourth-order valence-electron chi connectivity index (χ4n) is 4.46. The van der Waals surface area contributed by atoms with Crippen molar-refractivity contribution in [2.75, 3.05) is 19.6 Å². The van der Waals surface area contributed by atoms with E-state index in [1.165, 1.54) is 17.7 Å². The maximum absolute atomic E-state index is 13.3. The van der Waals surface area contributed by atoms with Crippen LogP contribution in [0.2, 0.25) is 0 Å². The summed E-state index contributed by atoms with van der Waals surface area (Å²) in [6, 6.07) is 8.95. The van der Waals surface area contributed by atoms with Gasteiger partial charge in [-0.3, -0.25) is 4.90 Å². The van der Waals surface area contributed by atoms with Crippen molar-refractivity contribution in [1.82, 2.24) is 19.8 Å². The minimum Gasteiger partial charge on any atom is -0.325 e. The molecule has 27 heavy (non-hydrogen) atoms. The van der Waals surface area contributed by atoms with Gasteiger partial charge in [-0.05, 0) is 65.1 Å². The number of nitrogens with zero attached hydrogens (tertiary/aromatic N) is 3. The van der Waals surface area contributed by atoms with E-state index in [2.05, 4.69) is 31.6 Å². The number of benzene rings is 1. The molecular formula is C21H23FN4S. The van der Waals surface area contributed by atoms with Crippen LogP contribution in [0.15, 0.2) is 47.3 Å². The van der Waals surface area contributed by atoms with Gasteiger partial charge in [-0.15, -0.1) is 0 Å². The van der Waals surface area contributed by atoms with Crippen LogP contribution in [0.4, 0.5) is 4.39 Å². The van der Waals surface area contributed by atoms with Gasteiger partial charge in [0.2, 0.25) is 0 Å². The van der Waals surface area contributed by atoms with Crippen molar-refractivity contribution in [2.45, 2.75) is 31.5 Å². The summed E-state index contributed by atoms with van der Waals surface area (Å²) in [6.07, 6.45) is 4.09. The van der Waals surface area contributed by atoms with Gasteiger partial charge in [-0.2, -0.15) is 11.3 Å². The Kier molecular flexibility index (Phi) is 4.34. The molecule has 0 atom stereocenters. The molecule has 0 saturated carbocycles. The number of fused-ring (bicyclic) bond motifs is 2. The van der Waals surface area contributed by atoms with E-state index >= 15 is 0 Å². The zero-order valence-corrected chi connectivity index (χ0v) is 16.0. The number of likely N-dealkylation sites (tertiary alicyclic amines) is 1. The number of piperidine rings is 1. The number of halogens is 1. The fourth-order valence-corrected chi connectivity index (χ4v) is 5.11. The van der Waals surface area contributed by atoms with Gasteiger partial charge in [0.25, 0.3) is 0 Å². The molecule has 3 aromatic rings. The lowest BCUT2D eigenvalue weighted by Crippen LogP contribution is -2.55. The molecule has 6 heteroatoms. The average Bonchev–Trinajstić information content (AvgIpc) is 3.35. The van der Waals surface area contributed by atoms with Crippen LogP contribution in [-0.4, -0.2) is 34.1 Å². The van der Waals surface area contributed by atoms with Crippen molar-refractivity contribution in [3.05, 3.63) is 64.5 Å². The first-order chi connectivity index (χ1) is 13.2. The van der Waals surface area contributed by atoms with Gasteiger partial charge in [-0.25, -0.2) is 9.37 Å². The fraction of sp³-hybridized carbons (Fsp3) is 0.381. The lowest BCUT2D eigenvalue weighted by atomic mass is 9.85. The molecule has 1 aromatic carbocycles. The topological polar surface area (TPSA) is 33.1 Å². The quantitative estimate of drug-likeness (QED) is 0.747. The van der Waals surface area contributed by atoms with Gasteiger partial charge in [-0.1, -0.05) is 0 Å². The largest absolute Gasteiger partial charge is 0.325 e. The molecular weight excluding hydrogens is 359 g/mol. The highest BCUT2D eigenvalue weighted by atomic mass is 32.1. The predicted molar refractivity (Wildman–Crippen MR) is 106 cm³/mol. The van der Waals surface area contributed by atoms with Gasteiger partial charge < -0.3 is 9.88 Å². The van der Waals surface area contributed by atoms with Crippen LogP contribution in [0.3, 0.4) is 0 Å². The normalized spacial score (nSPS) is 19.3. The van der Waals surface area contributed by atoms with E-state index in [0.717, 1.165) is 62.6 Å². The lowest BCUT2D eigenvalue weighted by Gasteiger charge is -2.44. The first-order valence-electron chi connectivity index (χ1n) is 9.54. The van der Waals surface area contributed by atoms with Crippen molar-refractivity contribution in [2.24, 2.45) is 0 Å². The SMILES string of the molecule is Fc1ccc(-c2cnc3n2CCNC32CCN(Cc3ccsc3)CC2)cc1.